The Bertz CT molecular complexity index is 1150. The maximum Gasteiger partial charge on any atom is 0.240 e. The van der Waals surface area contributed by atoms with Crippen molar-refractivity contribution in [2.45, 2.75) is 32.8 Å². The van der Waals surface area contributed by atoms with Gasteiger partial charge in [0.25, 0.3) is 0 Å². The Balaban J connectivity index is 1.57. The molecule has 0 saturated carbocycles. The minimum atomic E-state index is -3.63. The number of anilines is 1. The summed E-state index contributed by atoms with van der Waals surface area (Å²) >= 11 is 0. The molecule has 32 heavy (non-hydrogen) atoms. The highest BCUT2D eigenvalue weighted by molar-refractivity contribution is 7.92. The van der Waals surface area contributed by atoms with Crippen molar-refractivity contribution in [2.75, 3.05) is 23.7 Å². The van der Waals surface area contributed by atoms with Gasteiger partial charge in [0, 0.05) is 11.9 Å². The van der Waals surface area contributed by atoms with Gasteiger partial charge in [0.05, 0.1) is 18.0 Å². The third kappa shape index (κ3) is 6.47. The number of aryl methyl sites for hydroxylation is 1. The molecule has 170 valence electrons. The molecule has 1 amide bonds. The third-order valence-electron chi connectivity index (χ3n) is 4.98. The third-order valence-corrected chi connectivity index (χ3v) is 6.11. The summed E-state index contributed by atoms with van der Waals surface area (Å²) in [6, 6.07) is 20.9. The van der Waals surface area contributed by atoms with Crippen LogP contribution in [0, 0.1) is 0 Å². The molecule has 3 aromatic carbocycles. The Hall–Kier alpha value is -3.06. The number of hydrogen-bond acceptors (Lipinski definition) is 4. The Morgan fingerprint density at radius 3 is 2.38 bits per heavy atom. The van der Waals surface area contributed by atoms with Crippen LogP contribution in [0.5, 0.6) is 5.75 Å². The lowest BCUT2D eigenvalue weighted by molar-refractivity contribution is -0.119. The van der Waals surface area contributed by atoms with Gasteiger partial charge in [0.15, 0.2) is 0 Å². The zero-order valence-corrected chi connectivity index (χ0v) is 19.6. The van der Waals surface area contributed by atoms with E-state index in [0.717, 1.165) is 45.5 Å². The van der Waals surface area contributed by atoms with Crippen LogP contribution in [0.3, 0.4) is 0 Å². The van der Waals surface area contributed by atoms with Gasteiger partial charge in [-0.3, -0.25) is 9.10 Å². The smallest absolute Gasteiger partial charge is 0.240 e. The number of nitrogens with one attached hydrogen (secondary N) is 1. The van der Waals surface area contributed by atoms with E-state index >= 15 is 0 Å². The number of sulfonamides is 1. The molecule has 0 saturated heterocycles. The molecule has 0 aromatic heterocycles. The van der Waals surface area contributed by atoms with Gasteiger partial charge in [-0.25, -0.2) is 8.42 Å². The summed E-state index contributed by atoms with van der Waals surface area (Å²) in [6.07, 6.45) is 2.82. The highest BCUT2D eigenvalue weighted by Crippen LogP contribution is 2.28. The Kier molecular flexibility index (Phi) is 7.75. The molecule has 0 aliphatic rings. The van der Waals surface area contributed by atoms with Crippen LogP contribution in [-0.2, 0) is 21.2 Å². The van der Waals surface area contributed by atoms with Crippen LogP contribution in [0.4, 0.5) is 5.69 Å². The number of carbonyl (C=O) groups excluding carboxylic acids is 1. The van der Waals surface area contributed by atoms with E-state index in [4.69, 9.17) is 4.74 Å². The molecular weight excluding hydrogens is 424 g/mol. The van der Waals surface area contributed by atoms with Gasteiger partial charge in [-0.15, -0.1) is 0 Å². The van der Waals surface area contributed by atoms with Crippen LogP contribution in [-0.4, -0.2) is 39.8 Å². The maximum atomic E-state index is 12.5. The number of hydrogen-bond donors (Lipinski definition) is 1. The largest absolute Gasteiger partial charge is 0.491 e. The number of carbonyl (C=O) groups is 1. The normalized spacial score (nSPS) is 11.5. The fourth-order valence-corrected chi connectivity index (χ4v) is 4.39. The molecule has 0 aliphatic heterocycles. The molecule has 0 atom stereocenters. The lowest BCUT2D eigenvalue weighted by Gasteiger charge is -2.23. The summed E-state index contributed by atoms with van der Waals surface area (Å²) in [5.41, 5.74) is 1.66. The molecule has 0 fully saturated rings. The van der Waals surface area contributed by atoms with Gasteiger partial charge in [-0.2, -0.15) is 0 Å². The second-order valence-corrected chi connectivity index (χ2v) is 9.94. The fourth-order valence-electron chi connectivity index (χ4n) is 3.52. The summed E-state index contributed by atoms with van der Waals surface area (Å²) in [6.45, 7) is 4.19. The second kappa shape index (κ2) is 10.5. The number of fused-ring (bicyclic) bond motifs is 1. The van der Waals surface area contributed by atoms with Crippen molar-refractivity contribution in [2.24, 2.45) is 0 Å². The van der Waals surface area contributed by atoms with Gasteiger partial charge in [0.2, 0.25) is 15.9 Å². The predicted molar refractivity (Wildman–Crippen MR) is 130 cm³/mol. The van der Waals surface area contributed by atoms with E-state index in [9.17, 15) is 13.2 Å². The van der Waals surface area contributed by atoms with E-state index < -0.39 is 10.0 Å². The van der Waals surface area contributed by atoms with E-state index in [1.54, 1.807) is 12.1 Å². The van der Waals surface area contributed by atoms with E-state index in [1.165, 1.54) is 0 Å². The zero-order chi connectivity index (χ0) is 23.1. The highest BCUT2D eigenvalue weighted by atomic mass is 32.2. The summed E-state index contributed by atoms with van der Waals surface area (Å²) in [5, 5.41) is 4.55. The molecule has 0 radical (unpaired) electrons. The SMILES string of the molecule is CC(C)Oc1ccc(CCCNC(=O)CN(c2cccc3ccccc23)S(C)(=O)=O)cc1. The highest BCUT2D eigenvalue weighted by Gasteiger charge is 2.22. The molecule has 0 bridgehead atoms. The molecule has 1 N–H and O–H groups in total. The topological polar surface area (TPSA) is 75.7 Å². The quantitative estimate of drug-likeness (QED) is 0.467. The first-order valence-electron chi connectivity index (χ1n) is 10.7. The van der Waals surface area contributed by atoms with Gasteiger partial charge in [-0.05, 0) is 55.8 Å². The summed E-state index contributed by atoms with van der Waals surface area (Å²) in [7, 11) is -3.63. The molecule has 3 rings (SSSR count). The lowest BCUT2D eigenvalue weighted by Crippen LogP contribution is -2.40. The monoisotopic (exact) mass is 454 g/mol. The van der Waals surface area contributed by atoms with E-state index in [0.29, 0.717) is 12.2 Å². The van der Waals surface area contributed by atoms with Crippen LogP contribution in [0.1, 0.15) is 25.8 Å². The van der Waals surface area contributed by atoms with Gasteiger partial charge < -0.3 is 10.1 Å². The van der Waals surface area contributed by atoms with Crippen molar-refractivity contribution in [1.82, 2.24) is 5.32 Å². The molecule has 0 unspecified atom stereocenters. The molecule has 0 spiro atoms. The van der Waals surface area contributed by atoms with E-state index in [-0.39, 0.29) is 18.6 Å². The number of amides is 1. The molecule has 0 heterocycles. The molecule has 7 heteroatoms. The first kappa shape index (κ1) is 23.6. The first-order chi connectivity index (χ1) is 15.2. The van der Waals surface area contributed by atoms with Crippen molar-refractivity contribution in [1.29, 1.82) is 0 Å². The van der Waals surface area contributed by atoms with Crippen LogP contribution < -0.4 is 14.4 Å². The zero-order valence-electron chi connectivity index (χ0n) is 18.7. The van der Waals surface area contributed by atoms with Gasteiger partial charge in [-0.1, -0.05) is 48.5 Å². The van der Waals surface area contributed by atoms with Gasteiger partial charge >= 0.3 is 0 Å². The number of rotatable bonds is 10. The molecule has 6 nitrogen and oxygen atoms in total. The van der Waals surface area contributed by atoms with Crippen molar-refractivity contribution in [3.8, 4) is 5.75 Å². The minimum Gasteiger partial charge on any atom is -0.491 e. The van der Waals surface area contributed by atoms with Crippen LogP contribution >= 0.6 is 0 Å². The average molecular weight is 455 g/mol. The average Bonchev–Trinajstić information content (AvgIpc) is 2.75. The standard InChI is InChI=1S/C25H30N2O4S/c1-19(2)31-22-15-13-20(14-16-22)8-7-17-26-25(28)18-27(32(3,29)30)24-12-6-10-21-9-4-5-11-23(21)24/h4-6,9-16,19H,7-8,17-18H2,1-3H3,(H,26,28). The van der Waals surface area contributed by atoms with Crippen LogP contribution in [0.25, 0.3) is 10.8 Å². The van der Waals surface area contributed by atoms with Crippen molar-refractivity contribution >= 4 is 32.4 Å². The fraction of sp³-hybridized carbons (Fsp3) is 0.320. The van der Waals surface area contributed by atoms with Crippen molar-refractivity contribution in [3.63, 3.8) is 0 Å². The lowest BCUT2D eigenvalue weighted by atomic mass is 10.1. The van der Waals surface area contributed by atoms with Crippen molar-refractivity contribution in [3.05, 3.63) is 72.3 Å². The van der Waals surface area contributed by atoms with E-state index in [2.05, 4.69) is 5.32 Å². The van der Waals surface area contributed by atoms with Crippen LogP contribution in [0.2, 0.25) is 0 Å². The van der Waals surface area contributed by atoms with Crippen molar-refractivity contribution < 1.29 is 17.9 Å². The Morgan fingerprint density at radius 2 is 1.69 bits per heavy atom. The Labute approximate surface area is 190 Å². The predicted octanol–water partition coefficient (Wildman–Crippen LogP) is 4.14. The summed E-state index contributed by atoms with van der Waals surface area (Å²) in [4.78, 5) is 12.5. The molecular formula is C25H30N2O4S. The van der Waals surface area contributed by atoms with Crippen LogP contribution in [0.15, 0.2) is 66.7 Å². The minimum absolute atomic E-state index is 0.136. The molecule has 3 aromatic rings. The van der Waals surface area contributed by atoms with Gasteiger partial charge in [0.1, 0.15) is 12.3 Å². The summed E-state index contributed by atoms with van der Waals surface area (Å²) in [5.74, 6) is 0.510. The van der Waals surface area contributed by atoms with E-state index in [1.807, 2.05) is 68.4 Å². The first-order valence-corrected chi connectivity index (χ1v) is 12.6. The number of benzene rings is 3. The molecule has 0 aliphatic carbocycles. The second-order valence-electron chi connectivity index (χ2n) is 8.03. The number of ether oxygens (including phenoxy) is 1. The maximum absolute atomic E-state index is 12.5. The summed E-state index contributed by atoms with van der Waals surface area (Å²) < 4.78 is 31.7. The Morgan fingerprint density at radius 1 is 1.00 bits per heavy atom. The number of nitrogens with zero attached hydrogens (tertiary/aromatic N) is 1.